The Bertz CT molecular complexity index is 621. The molecule has 0 saturated carbocycles. The third kappa shape index (κ3) is 2.52. The van der Waals surface area contributed by atoms with Crippen LogP contribution in [0.15, 0.2) is 28.7 Å². The molecule has 0 bridgehead atoms. The van der Waals surface area contributed by atoms with E-state index in [1.165, 1.54) is 0 Å². The topological polar surface area (TPSA) is 63.3 Å². The quantitative estimate of drug-likeness (QED) is 0.894. The second-order valence-corrected chi connectivity index (χ2v) is 5.53. The summed E-state index contributed by atoms with van der Waals surface area (Å²) in [5.74, 6) is -0.830. The van der Waals surface area contributed by atoms with Crippen molar-refractivity contribution in [1.29, 1.82) is 0 Å². The highest BCUT2D eigenvalue weighted by molar-refractivity contribution is 5.86. The fourth-order valence-electron chi connectivity index (χ4n) is 2.03. The molecular formula is C15H17NO3. The number of aromatic nitrogens is 1. The molecule has 0 aliphatic carbocycles. The van der Waals surface area contributed by atoms with E-state index < -0.39 is 5.97 Å². The molecule has 0 amide bonds. The highest BCUT2D eigenvalue weighted by Gasteiger charge is 2.23. The molecule has 19 heavy (non-hydrogen) atoms. The van der Waals surface area contributed by atoms with Gasteiger partial charge in [-0.25, -0.2) is 9.78 Å². The number of hydrogen-bond donors (Lipinski definition) is 1. The Morgan fingerprint density at radius 3 is 2.42 bits per heavy atom. The van der Waals surface area contributed by atoms with E-state index in [1.807, 2.05) is 24.3 Å². The van der Waals surface area contributed by atoms with Crippen molar-refractivity contribution in [3.8, 4) is 11.5 Å². The third-order valence-electron chi connectivity index (χ3n) is 2.96. The maximum atomic E-state index is 11.0. The van der Waals surface area contributed by atoms with Crippen LogP contribution in [-0.2, 0) is 5.41 Å². The van der Waals surface area contributed by atoms with Crippen LogP contribution in [0.4, 0.5) is 0 Å². The number of benzene rings is 1. The second-order valence-electron chi connectivity index (χ2n) is 5.53. The van der Waals surface area contributed by atoms with E-state index >= 15 is 0 Å². The SMILES string of the molecule is Cc1nc(-c2ccccc2C(C)(C)C)oc1C(=O)O. The number of carboxylic acid groups (broad SMARTS) is 1. The summed E-state index contributed by atoms with van der Waals surface area (Å²) in [6.45, 7) is 7.93. The summed E-state index contributed by atoms with van der Waals surface area (Å²) in [5.41, 5.74) is 2.24. The lowest BCUT2D eigenvalue weighted by molar-refractivity contribution is 0.0662. The zero-order valence-corrected chi connectivity index (χ0v) is 11.5. The Labute approximate surface area is 112 Å². The van der Waals surface area contributed by atoms with E-state index in [9.17, 15) is 4.79 Å². The first-order chi connectivity index (χ1) is 8.80. The monoisotopic (exact) mass is 259 g/mol. The number of aromatic carboxylic acids is 1. The van der Waals surface area contributed by atoms with Gasteiger partial charge in [-0.3, -0.25) is 0 Å². The van der Waals surface area contributed by atoms with Crippen molar-refractivity contribution in [3.05, 3.63) is 41.3 Å². The third-order valence-corrected chi connectivity index (χ3v) is 2.96. The van der Waals surface area contributed by atoms with Gasteiger partial charge < -0.3 is 9.52 Å². The van der Waals surface area contributed by atoms with Gasteiger partial charge in [0.2, 0.25) is 11.7 Å². The van der Waals surface area contributed by atoms with Gasteiger partial charge in [-0.15, -0.1) is 0 Å². The average molecular weight is 259 g/mol. The average Bonchev–Trinajstić information content (AvgIpc) is 2.70. The van der Waals surface area contributed by atoms with Gasteiger partial charge in [0.25, 0.3) is 0 Å². The summed E-state index contributed by atoms with van der Waals surface area (Å²) in [5, 5.41) is 9.02. The molecule has 4 heteroatoms. The van der Waals surface area contributed by atoms with Crippen LogP contribution in [0, 0.1) is 6.92 Å². The van der Waals surface area contributed by atoms with Crippen LogP contribution in [0.2, 0.25) is 0 Å². The molecule has 0 saturated heterocycles. The van der Waals surface area contributed by atoms with Crippen molar-refractivity contribution in [2.24, 2.45) is 0 Å². The number of aryl methyl sites for hydroxylation is 1. The molecule has 0 spiro atoms. The van der Waals surface area contributed by atoms with Gasteiger partial charge in [-0.2, -0.15) is 0 Å². The fraction of sp³-hybridized carbons (Fsp3) is 0.333. The molecule has 0 atom stereocenters. The van der Waals surface area contributed by atoms with Crippen LogP contribution in [0.5, 0.6) is 0 Å². The predicted octanol–water partition coefficient (Wildman–Crippen LogP) is 3.65. The Morgan fingerprint density at radius 2 is 1.89 bits per heavy atom. The Balaban J connectivity index is 2.60. The number of hydrogen-bond acceptors (Lipinski definition) is 3. The van der Waals surface area contributed by atoms with Crippen LogP contribution in [0.3, 0.4) is 0 Å². The van der Waals surface area contributed by atoms with Crippen molar-refractivity contribution in [2.75, 3.05) is 0 Å². The summed E-state index contributed by atoms with van der Waals surface area (Å²) in [6.07, 6.45) is 0. The summed E-state index contributed by atoms with van der Waals surface area (Å²) in [4.78, 5) is 15.2. The predicted molar refractivity (Wildman–Crippen MR) is 72.3 cm³/mol. The highest BCUT2D eigenvalue weighted by Crippen LogP contribution is 2.33. The molecule has 0 fully saturated rings. The first-order valence-corrected chi connectivity index (χ1v) is 6.11. The van der Waals surface area contributed by atoms with Gasteiger partial charge in [-0.1, -0.05) is 39.0 Å². The molecule has 0 aliphatic rings. The summed E-state index contributed by atoms with van der Waals surface area (Å²) < 4.78 is 5.39. The van der Waals surface area contributed by atoms with E-state index in [2.05, 4.69) is 25.8 Å². The molecule has 1 heterocycles. The molecule has 1 aromatic carbocycles. The molecule has 2 aromatic rings. The van der Waals surface area contributed by atoms with Crippen molar-refractivity contribution in [1.82, 2.24) is 4.98 Å². The highest BCUT2D eigenvalue weighted by atomic mass is 16.4. The normalized spacial score (nSPS) is 11.6. The van der Waals surface area contributed by atoms with Crippen molar-refractivity contribution in [3.63, 3.8) is 0 Å². The minimum Gasteiger partial charge on any atom is -0.475 e. The molecule has 1 aromatic heterocycles. The first kappa shape index (κ1) is 13.3. The fourth-order valence-corrected chi connectivity index (χ4v) is 2.03. The number of carboxylic acids is 1. The van der Waals surface area contributed by atoms with E-state index in [4.69, 9.17) is 9.52 Å². The number of rotatable bonds is 2. The molecule has 100 valence electrons. The molecule has 0 unspecified atom stereocenters. The molecule has 4 nitrogen and oxygen atoms in total. The van der Waals surface area contributed by atoms with E-state index in [0.29, 0.717) is 11.6 Å². The van der Waals surface area contributed by atoms with Gasteiger partial charge in [0, 0.05) is 5.56 Å². The Morgan fingerprint density at radius 1 is 1.26 bits per heavy atom. The zero-order valence-electron chi connectivity index (χ0n) is 11.5. The van der Waals surface area contributed by atoms with E-state index in [-0.39, 0.29) is 11.2 Å². The van der Waals surface area contributed by atoms with Crippen LogP contribution in [0.25, 0.3) is 11.5 Å². The van der Waals surface area contributed by atoms with E-state index in [1.54, 1.807) is 6.92 Å². The molecule has 1 N–H and O–H groups in total. The minimum absolute atomic E-state index is 0.0671. The summed E-state index contributed by atoms with van der Waals surface area (Å²) in [7, 11) is 0. The van der Waals surface area contributed by atoms with Gasteiger partial charge in [-0.05, 0) is 24.0 Å². The van der Waals surface area contributed by atoms with Gasteiger partial charge in [0.05, 0.1) is 5.69 Å². The second kappa shape index (κ2) is 4.53. The van der Waals surface area contributed by atoms with Crippen molar-refractivity contribution >= 4 is 5.97 Å². The lowest BCUT2D eigenvalue weighted by Gasteiger charge is -2.21. The lowest BCUT2D eigenvalue weighted by Crippen LogP contribution is -2.12. The largest absolute Gasteiger partial charge is 0.475 e. The van der Waals surface area contributed by atoms with Crippen molar-refractivity contribution < 1.29 is 14.3 Å². The Kier molecular flexibility index (Phi) is 3.18. The molecule has 0 radical (unpaired) electrons. The van der Waals surface area contributed by atoms with Gasteiger partial charge >= 0.3 is 5.97 Å². The van der Waals surface area contributed by atoms with Gasteiger partial charge in [0.15, 0.2) is 0 Å². The number of nitrogens with zero attached hydrogens (tertiary/aromatic N) is 1. The minimum atomic E-state index is -1.09. The summed E-state index contributed by atoms with van der Waals surface area (Å²) in [6, 6.07) is 7.76. The standard InChI is InChI=1S/C15H17NO3/c1-9-12(14(17)18)19-13(16-9)10-7-5-6-8-11(10)15(2,3)4/h5-8H,1-4H3,(H,17,18). The molecular weight excluding hydrogens is 242 g/mol. The van der Waals surface area contributed by atoms with E-state index in [0.717, 1.165) is 11.1 Å². The summed E-state index contributed by atoms with van der Waals surface area (Å²) >= 11 is 0. The maximum Gasteiger partial charge on any atom is 0.373 e. The van der Waals surface area contributed by atoms with Crippen LogP contribution >= 0.6 is 0 Å². The van der Waals surface area contributed by atoms with Crippen LogP contribution < -0.4 is 0 Å². The van der Waals surface area contributed by atoms with Crippen molar-refractivity contribution in [2.45, 2.75) is 33.1 Å². The maximum absolute atomic E-state index is 11.0. The zero-order chi connectivity index (χ0) is 14.2. The number of carbonyl (C=O) groups is 1. The number of oxazole rings is 1. The Hall–Kier alpha value is -2.10. The molecule has 0 aliphatic heterocycles. The van der Waals surface area contributed by atoms with Gasteiger partial charge in [0.1, 0.15) is 0 Å². The lowest BCUT2D eigenvalue weighted by atomic mass is 9.84. The van der Waals surface area contributed by atoms with Crippen LogP contribution in [0.1, 0.15) is 42.6 Å². The smallest absolute Gasteiger partial charge is 0.373 e. The first-order valence-electron chi connectivity index (χ1n) is 6.11. The molecule has 2 rings (SSSR count). The van der Waals surface area contributed by atoms with Crippen LogP contribution in [-0.4, -0.2) is 16.1 Å².